The normalized spacial score (nSPS) is 12.7. The molecule has 0 fully saturated rings. The highest BCUT2D eigenvalue weighted by Crippen LogP contribution is 2.34. The van der Waals surface area contributed by atoms with Crippen molar-refractivity contribution in [3.8, 4) is 11.5 Å². The third-order valence-electron chi connectivity index (χ3n) is 3.10. The average Bonchev–Trinajstić information content (AvgIpc) is 2.51. The Morgan fingerprint density at radius 3 is 2.81 bits per heavy atom. The summed E-state index contributed by atoms with van der Waals surface area (Å²) in [5, 5.41) is 0. The van der Waals surface area contributed by atoms with E-state index in [2.05, 4.69) is 0 Å². The largest absolute Gasteiger partial charge is 0.486 e. The van der Waals surface area contributed by atoms with Gasteiger partial charge in [0.2, 0.25) is 0 Å². The fourth-order valence-corrected chi connectivity index (χ4v) is 2.04. The zero-order valence-electron chi connectivity index (χ0n) is 12.3. The number of ether oxygens (including phenoxy) is 3. The van der Waals surface area contributed by atoms with Crippen LogP contribution in [0.4, 0.5) is 0 Å². The molecule has 1 heterocycles. The van der Waals surface area contributed by atoms with Gasteiger partial charge in [0.1, 0.15) is 13.2 Å². The highest BCUT2D eigenvalue weighted by atomic mass is 16.6. The van der Waals surface area contributed by atoms with Crippen LogP contribution in [-0.2, 0) is 9.53 Å². The lowest BCUT2D eigenvalue weighted by atomic mass is 10.1. The fourth-order valence-electron chi connectivity index (χ4n) is 2.04. The highest BCUT2D eigenvalue weighted by Gasteiger charge is 2.22. The summed E-state index contributed by atoms with van der Waals surface area (Å²) in [4.78, 5) is 25.2. The van der Waals surface area contributed by atoms with Crippen LogP contribution in [0.5, 0.6) is 11.5 Å². The van der Waals surface area contributed by atoms with Gasteiger partial charge < -0.3 is 19.1 Å². The van der Waals surface area contributed by atoms with E-state index in [0.29, 0.717) is 43.4 Å². The highest BCUT2D eigenvalue weighted by molar-refractivity contribution is 5.97. The van der Waals surface area contributed by atoms with E-state index in [1.54, 1.807) is 32.2 Å². The maximum Gasteiger partial charge on any atom is 0.307 e. The van der Waals surface area contributed by atoms with Crippen LogP contribution in [0.3, 0.4) is 0 Å². The Morgan fingerprint density at radius 1 is 1.29 bits per heavy atom. The van der Waals surface area contributed by atoms with Crippen LogP contribution in [0.1, 0.15) is 23.7 Å². The first-order valence-electron chi connectivity index (χ1n) is 6.93. The Kier molecular flexibility index (Phi) is 5.03. The van der Waals surface area contributed by atoms with Crippen molar-refractivity contribution in [2.75, 3.05) is 33.4 Å². The lowest BCUT2D eigenvalue weighted by Crippen LogP contribution is -2.30. The Labute approximate surface area is 123 Å². The Balaban J connectivity index is 2.04. The number of benzene rings is 1. The SMILES string of the molecule is CCOC(=O)CCN(C)C(=O)c1cccc2c1OCCO2. The summed E-state index contributed by atoms with van der Waals surface area (Å²) < 4.78 is 15.8. The molecule has 0 saturated carbocycles. The molecule has 0 spiro atoms. The van der Waals surface area contributed by atoms with E-state index < -0.39 is 0 Å². The molecular weight excluding hydrogens is 274 g/mol. The molecule has 0 bridgehead atoms. The minimum atomic E-state index is -0.313. The molecule has 1 aromatic carbocycles. The number of hydrogen-bond donors (Lipinski definition) is 0. The quantitative estimate of drug-likeness (QED) is 0.769. The molecular formula is C15H19NO5. The molecule has 6 nitrogen and oxygen atoms in total. The van der Waals surface area contributed by atoms with E-state index in [0.717, 1.165) is 0 Å². The molecule has 0 saturated heterocycles. The van der Waals surface area contributed by atoms with E-state index in [1.165, 1.54) is 4.90 Å². The lowest BCUT2D eigenvalue weighted by Gasteiger charge is -2.23. The van der Waals surface area contributed by atoms with Gasteiger partial charge in [-0.05, 0) is 19.1 Å². The van der Waals surface area contributed by atoms with Crippen molar-refractivity contribution >= 4 is 11.9 Å². The van der Waals surface area contributed by atoms with Gasteiger partial charge in [-0.15, -0.1) is 0 Å². The third-order valence-corrected chi connectivity index (χ3v) is 3.10. The van der Waals surface area contributed by atoms with Crippen molar-refractivity contribution in [3.63, 3.8) is 0 Å². The maximum atomic E-state index is 12.4. The van der Waals surface area contributed by atoms with E-state index in [1.807, 2.05) is 0 Å². The van der Waals surface area contributed by atoms with E-state index in [-0.39, 0.29) is 18.3 Å². The predicted molar refractivity (Wildman–Crippen MR) is 75.6 cm³/mol. The summed E-state index contributed by atoms with van der Waals surface area (Å²) in [5.74, 6) is 0.524. The van der Waals surface area contributed by atoms with Crippen LogP contribution in [0.15, 0.2) is 18.2 Å². The molecule has 0 radical (unpaired) electrons. The molecule has 1 aliphatic heterocycles. The van der Waals surface area contributed by atoms with Crippen molar-refractivity contribution in [2.24, 2.45) is 0 Å². The molecule has 1 aromatic rings. The summed E-state index contributed by atoms with van der Waals surface area (Å²) in [6.07, 6.45) is 0.169. The molecule has 114 valence electrons. The summed E-state index contributed by atoms with van der Waals surface area (Å²) in [7, 11) is 1.64. The minimum absolute atomic E-state index is 0.169. The number of nitrogens with zero attached hydrogens (tertiary/aromatic N) is 1. The molecule has 0 N–H and O–H groups in total. The van der Waals surface area contributed by atoms with E-state index in [9.17, 15) is 9.59 Å². The molecule has 0 aliphatic carbocycles. The zero-order valence-corrected chi connectivity index (χ0v) is 12.3. The van der Waals surface area contributed by atoms with Gasteiger partial charge in [-0.2, -0.15) is 0 Å². The monoisotopic (exact) mass is 293 g/mol. The number of rotatable bonds is 5. The standard InChI is InChI=1S/C15H19NO5/c1-3-19-13(17)7-8-16(2)15(18)11-5-4-6-12-14(11)21-10-9-20-12/h4-6H,3,7-10H2,1-2H3. The second-order valence-electron chi connectivity index (χ2n) is 4.61. The van der Waals surface area contributed by atoms with E-state index in [4.69, 9.17) is 14.2 Å². The van der Waals surface area contributed by atoms with Gasteiger partial charge in [-0.1, -0.05) is 6.07 Å². The van der Waals surface area contributed by atoms with Crippen LogP contribution in [0.2, 0.25) is 0 Å². The minimum Gasteiger partial charge on any atom is -0.486 e. The van der Waals surface area contributed by atoms with Gasteiger partial charge in [-0.3, -0.25) is 9.59 Å². The van der Waals surface area contributed by atoms with Crippen molar-refractivity contribution in [2.45, 2.75) is 13.3 Å². The van der Waals surface area contributed by atoms with Gasteiger partial charge >= 0.3 is 5.97 Å². The van der Waals surface area contributed by atoms with Crippen molar-refractivity contribution < 1.29 is 23.8 Å². The molecule has 0 aromatic heterocycles. The first-order chi connectivity index (χ1) is 10.1. The molecule has 0 unspecified atom stereocenters. The molecule has 1 amide bonds. The first kappa shape index (κ1) is 15.2. The van der Waals surface area contributed by atoms with Crippen LogP contribution in [0.25, 0.3) is 0 Å². The smallest absolute Gasteiger partial charge is 0.307 e. The average molecular weight is 293 g/mol. The fraction of sp³-hybridized carbons (Fsp3) is 0.467. The summed E-state index contributed by atoms with van der Waals surface area (Å²) in [6.45, 7) is 3.28. The van der Waals surface area contributed by atoms with Crippen LogP contribution >= 0.6 is 0 Å². The number of para-hydroxylation sites is 1. The number of hydrogen-bond acceptors (Lipinski definition) is 5. The molecule has 21 heavy (non-hydrogen) atoms. The second-order valence-corrected chi connectivity index (χ2v) is 4.61. The second kappa shape index (κ2) is 6.97. The maximum absolute atomic E-state index is 12.4. The molecule has 6 heteroatoms. The van der Waals surface area contributed by atoms with Crippen molar-refractivity contribution in [1.82, 2.24) is 4.90 Å². The third kappa shape index (κ3) is 3.65. The molecule has 2 rings (SSSR count). The topological polar surface area (TPSA) is 65.1 Å². The summed E-state index contributed by atoms with van der Waals surface area (Å²) in [6, 6.07) is 5.21. The molecule has 0 atom stereocenters. The van der Waals surface area contributed by atoms with Crippen LogP contribution in [0, 0.1) is 0 Å². The van der Waals surface area contributed by atoms with Gasteiger partial charge in [0.15, 0.2) is 11.5 Å². The van der Waals surface area contributed by atoms with Crippen molar-refractivity contribution in [1.29, 1.82) is 0 Å². The van der Waals surface area contributed by atoms with Gasteiger partial charge in [-0.25, -0.2) is 0 Å². The Bertz CT molecular complexity index is 529. The Morgan fingerprint density at radius 2 is 2.05 bits per heavy atom. The zero-order chi connectivity index (χ0) is 15.2. The van der Waals surface area contributed by atoms with Crippen LogP contribution < -0.4 is 9.47 Å². The van der Waals surface area contributed by atoms with Crippen molar-refractivity contribution in [3.05, 3.63) is 23.8 Å². The number of amides is 1. The lowest BCUT2D eigenvalue weighted by molar-refractivity contribution is -0.143. The summed E-state index contributed by atoms with van der Waals surface area (Å²) in [5.41, 5.74) is 0.443. The number of carbonyl (C=O) groups is 2. The predicted octanol–water partition coefficient (Wildman–Crippen LogP) is 1.48. The first-order valence-corrected chi connectivity index (χ1v) is 6.93. The molecule has 1 aliphatic rings. The number of fused-ring (bicyclic) bond motifs is 1. The number of carbonyl (C=O) groups excluding carboxylic acids is 2. The number of esters is 1. The van der Waals surface area contributed by atoms with Crippen LogP contribution in [-0.4, -0.2) is 50.2 Å². The summed E-state index contributed by atoms with van der Waals surface area (Å²) >= 11 is 0. The van der Waals surface area contributed by atoms with Gasteiger partial charge in [0.05, 0.1) is 18.6 Å². The van der Waals surface area contributed by atoms with Gasteiger partial charge in [0.25, 0.3) is 5.91 Å². The van der Waals surface area contributed by atoms with Gasteiger partial charge in [0, 0.05) is 13.6 Å². The van der Waals surface area contributed by atoms with E-state index >= 15 is 0 Å². The Hall–Kier alpha value is -2.24.